The van der Waals surface area contributed by atoms with Crippen LogP contribution in [0.15, 0.2) is 24.4 Å². The van der Waals surface area contributed by atoms with E-state index >= 15 is 0 Å². The van der Waals surface area contributed by atoms with E-state index in [1.807, 2.05) is 25.3 Å². The Morgan fingerprint density at radius 3 is 3.08 bits per heavy atom. The molecule has 0 aliphatic rings. The van der Waals surface area contributed by atoms with Crippen molar-refractivity contribution in [3.8, 4) is 5.75 Å². The summed E-state index contributed by atoms with van der Waals surface area (Å²) in [5, 5.41) is 10.6. The van der Waals surface area contributed by atoms with Crippen molar-refractivity contribution < 1.29 is 5.11 Å². The van der Waals surface area contributed by atoms with Gasteiger partial charge < -0.3 is 10.1 Å². The van der Waals surface area contributed by atoms with Crippen molar-refractivity contribution >= 4 is 10.9 Å². The highest BCUT2D eigenvalue weighted by atomic mass is 16.3. The monoisotopic (exact) mass is 174 g/mol. The number of hydrogen-bond donors (Lipinski definition) is 2. The molecule has 2 N–H and O–H groups in total. The smallest absolute Gasteiger partial charge is 0.139 e. The zero-order valence-corrected chi connectivity index (χ0v) is 7.54. The number of aromatic nitrogens is 1. The molecule has 0 unspecified atom stereocenters. The molecule has 0 spiro atoms. The van der Waals surface area contributed by atoms with Gasteiger partial charge in [-0.15, -0.1) is 0 Å². The number of H-pyrrole nitrogens is 1. The first-order chi connectivity index (χ1) is 6.33. The fourth-order valence-electron chi connectivity index (χ4n) is 1.59. The van der Waals surface area contributed by atoms with Gasteiger partial charge in [-0.25, -0.2) is 0 Å². The summed E-state index contributed by atoms with van der Waals surface area (Å²) >= 11 is 0. The van der Waals surface area contributed by atoms with Crippen molar-refractivity contribution in [3.05, 3.63) is 36.4 Å². The summed E-state index contributed by atoms with van der Waals surface area (Å²) in [7, 11) is 0. The first-order valence-electron chi connectivity index (χ1n) is 4.38. The molecule has 0 atom stereocenters. The van der Waals surface area contributed by atoms with Crippen LogP contribution in [0.5, 0.6) is 5.75 Å². The number of benzene rings is 1. The highest BCUT2D eigenvalue weighted by Gasteiger charge is 2.04. The number of fused-ring (bicyclic) bond motifs is 1. The van der Waals surface area contributed by atoms with Crippen LogP contribution in [0.3, 0.4) is 0 Å². The van der Waals surface area contributed by atoms with E-state index in [4.69, 9.17) is 0 Å². The zero-order valence-electron chi connectivity index (χ0n) is 7.54. The molecular weight excluding hydrogens is 162 g/mol. The number of phenols is 1. The molecule has 0 aliphatic carbocycles. The minimum atomic E-state index is 0.319. The molecule has 13 heavy (non-hydrogen) atoms. The summed E-state index contributed by atoms with van der Waals surface area (Å²) in [6, 6.07) is 5.58. The Morgan fingerprint density at radius 1 is 1.46 bits per heavy atom. The fourth-order valence-corrected chi connectivity index (χ4v) is 1.59. The lowest BCUT2D eigenvalue weighted by Crippen LogP contribution is -1.79. The molecule has 0 aliphatic heterocycles. The van der Waals surface area contributed by atoms with Gasteiger partial charge in [0.15, 0.2) is 0 Å². The summed E-state index contributed by atoms with van der Waals surface area (Å²) in [6.45, 7) is 2.03. The van der Waals surface area contributed by atoms with E-state index in [9.17, 15) is 5.11 Å². The Morgan fingerprint density at radius 2 is 2.31 bits per heavy atom. The van der Waals surface area contributed by atoms with Gasteiger partial charge >= 0.3 is 0 Å². The summed E-state index contributed by atoms with van der Waals surface area (Å²) < 4.78 is 0. The van der Waals surface area contributed by atoms with E-state index in [1.165, 1.54) is 5.56 Å². The molecule has 0 saturated carbocycles. The van der Waals surface area contributed by atoms with E-state index in [0.29, 0.717) is 5.75 Å². The van der Waals surface area contributed by atoms with E-state index < -0.39 is 0 Å². The Bertz CT molecular complexity index is 417. The second-order valence-corrected chi connectivity index (χ2v) is 3.13. The van der Waals surface area contributed by atoms with E-state index in [1.54, 1.807) is 6.07 Å². The average molecular weight is 174 g/mol. The van der Waals surface area contributed by atoms with Gasteiger partial charge in [0, 0.05) is 11.6 Å². The van der Waals surface area contributed by atoms with Crippen LogP contribution in [0.4, 0.5) is 0 Å². The number of para-hydroxylation sites is 1. The molecule has 1 heterocycles. The van der Waals surface area contributed by atoms with Gasteiger partial charge in [0.05, 0.1) is 5.52 Å². The van der Waals surface area contributed by atoms with Gasteiger partial charge in [-0.2, -0.15) is 0 Å². The molecule has 2 nitrogen and oxygen atoms in total. The maximum absolute atomic E-state index is 9.51. The molecule has 0 amide bonds. The van der Waals surface area contributed by atoms with Crippen LogP contribution >= 0.6 is 0 Å². The molecule has 1 radical (unpaired) electrons. The Kier molecular flexibility index (Phi) is 1.97. The maximum atomic E-state index is 9.51. The lowest BCUT2D eigenvalue weighted by atomic mass is 10.1. The Balaban J connectivity index is 2.61. The molecule has 2 aromatic rings. The van der Waals surface area contributed by atoms with E-state index in [-0.39, 0.29) is 0 Å². The lowest BCUT2D eigenvalue weighted by Gasteiger charge is -1.96. The first-order valence-corrected chi connectivity index (χ1v) is 4.38. The molecule has 1 aromatic heterocycles. The molecule has 2 heteroatoms. The predicted octanol–water partition coefficient (Wildman–Crippen LogP) is 2.64. The number of aromatic hydroxyl groups is 1. The zero-order chi connectivity index (χ0) is 9.26. The fraction of sp³-hybridized carbons (Fsp3) is 0.182. The Labute approximate surface area is 77.2 Å². The number of phenolic OH excluding ortho intramolecular Hbond substituents is 1. The van der Waals surface area contributed by atoms with Crippen molar-refractivity contribution in [2.24, 2.45) is 0 Å². The quantitative estimate of drug-likeness (QED) is 0.721. The van der Waals surface area contributed by atoms with Crippen molar-refractivity contribution in [2.75, 3.05) is 0 Å². The molecular formula is C11H12NO. The SMILES string of the molecule is C[CH]Cc1c[nH]c2c(O)cccc12. The van der Waals surface area contributed by atoms with Crippen molar-refractivity contribution in [2.45, 2.75) is 13.3 Å². The van der Waals surface area contributed by atoms with Crippen LogP contribution in [0.1, 0.15) is 12.5 Å². The van der Waals surface area contributed by atoms with Crippen LogP contribution in [-0.2, 0) is 6.42 Å². The molecule has 2 rings (SSSR count). The van der Waals surface area contributed by atoms with Crippen LogP contribution in [-0.4, -0.2) is 10.1 Å². The van der Waals surface area contributed by atoms with Gasteiger partial charge in [-0.05, 0) is 24.5 Å². The Hall–Kier alpha value is -1.44. The third-order valence-electron chi connectivity index (χ3n) is 2.20. The van der Waals surface area contributed by atoms with Crippen LogP contribution in [0.25, 0.3) is 10.9 Å². The van der Waals surface area contributed by atoms with Crippen LogP contribution < -0.4 is 0 Å². The van der Waals surface area contributed by atoms with Gasteiger partial charge in [-0.3, -0.25) is 0 Å². The summed E-state index contributed by atoms with van der Waals surface area (Å²) in [5.74, 6) is 0.319. The van der Waals surface area contributed by atoms with Crippen molar-refractivity contribution in [1.29, 1.82) is 0 Å². The number of nitrogens with one attached hydrogen (secondary N) is 1. The van der Waals surface area contributed by atoms with Crippen molar-refractivity contribution in [3.63, 3.8) is 0 Å². The normalized spacial score (nSPS) is 10.8. The predicted molar refractivity (Wildman–Crippen MR) is 53.6 cm³/mol. The first kappa shape index (κ1) is 8.17. The van der Waals surface area contributed by atoms with E-state index in [2.05, 4.69) is 11.4 Å². The molecule has 0 fully saturated rings. The minimum absolute atomic E-state index is 0.319. The number of aromatic amines is 1. The van der Waals surface area contributed by atoms with Crippen molar-refractivity contribution in [1.82, 2.24) is 4.98 Å². The highest BCUT2D eigenvalue weighted by Crippen LogP contribution is 2.26. The molecule has 0 bridgehead atoms. The maximum Gasteiger partial charge on any atom is 0.139 e. The summed E-state index contributed by atoms with van der Waals surface area (Å²) in [4.78, 5) is 3.07. The lowest BCUT2D eigenvalue weighted by molar-refractivity contribution is 0.480. The summed E-state index contributed by atoms with van der Waals surface area (Å²) in [6.07, 6.45) is 4.99. The van der Waals surface area contributed by atoms with E-state index in [0.717, 1.165) is 17.3 Å². The van der Waals surface area contributed by atoms with Crippen LogP contribution in [0, 0.1) is 6.42 Å². The summed E-state index contributed by atoms with van der Waals surface area (Å²) in [5.41, 5.74) is 2.06. The molecule has 67 valence electrons. The third kappa shape index (κ3) is 1.28. The minimum Gasteiger partial charge on any atom is -0.506 e. The molecule has 1 aromatic carbocycles. The topological polar surface area (TPSA) is 36.0 Å². The second kappa shape index (κ2) is 3.13. The highest BCUT2D eigenvalue weighted by molar-refractivity contribution is 5.88. The van der Waals surface area contributed by atoms with Gasteiger partial charge in [0.25, 0.3) is 0 Å². The number of rotatable bonds is 2. The third-order valence-corrected chi connectivity index (χ3v) is 2.20. The average Bonchev–Trinajstić information content (AvgIpc) is 2.51. The second-order valence-electron chi connectivity index (χ2n) is 3.13. The van der Waals surface area contributed by atoms with Gasteiger partial charge in [0.2, 0.25) is 0 Å². The molecule has 0 saturated heterocycles. The van der Waals surface area contributed by atoms with Crippen LogP contribution in [0.2, 0.25) is 0 Å². The van der Waals surface area contributed by atoms with Gasteiger partial charge in [-0.1, -0.05) is 19.1 Å². The number of hydrogen-bond acceptors (Lipinski definition) is 1. The standard InChI is InChI=1S/C11H12NO/c1-2-4-8-7-12-11-9(8)5-3-6-10(11)13/h2-3,5-7,12-13H,4H2,1H3. The van der Waals surface area contributed by atoms with Gasteiger partial charge in [0.1, 0.15) is 5.75 Å². The largest absolute Gasteiger partial charge is 0.506 e.